The summed E-state index contributed by atoms with van der Waals surface area (Å²) in [5.41, 5.74) is 0. The van der Waals surface area contributed by atoms with Crippen molar-refractivity contribution in [2.75, 3.05) is 6.54 Å². The van der Waals surface area contributed by atoms with E-state index in [1.54, 1.807) is 17.7 Å². The van der Waals surface area contributed by atoms with Crippen molar-refractivity contribution >= 4 is 17.3 Å². The number of guanidine groups is 1. The maximum atomic E-state index is 4.63. The topological polar surface area (TPSA) is 67.1 Å². The van der Waals surface area contributed by atoms with Crippen molar-refractivity contribution in [2.45, 2.75) is 46.3 Å². The molecule has 2 heterocycles. The molecular formula is C15H24N6S. The maximum Gasteiger partial charge on any atom is 0.191 e. The van der Waals surface area contributed by atoms with E-state index < -0.39 is 0 Å². The van der Waals surface area contributed by atoms with Crippen molar-refractivity contribution in [2.24, 2.45) is 4.99 Å². The zero-order valence-corrected chi connectivity index (χ0v) is 14.2. The van der Waals surface area contributed by atoms with E-state index in [9.17, 15) is 0 Å². The van der Waals surface area contributed by atoms with Crippen LogP contribution in [0.4, 0.5) is 0 Å². The van der Waals surface area contributed by atoms with Gasteiger partial charge in [-0.25, -0.2) is 4.99 Å². The van der Waals surface area contributed by atoms with Gasteiger partial charge >= 0.3 is 0 Å². The van der Waals surface area contributed by atoms with Crippen molar-refractivity contribution < 1.29 is 0 Å². The summed E-state index contributed by atoms with van der Waals surface area (Å²) in [4.78, 5) is 5.89. The number of aromatic nitrogens is 3. The Bertz CT molecular complexity index is 573. The van der Waals surface area contributed by atoms with Crippen molar-refractivity contribution in [3.05, 3.63) is 34.5 Å². The molecule has 120 valence electrons. The van der Waals surface area contributed by atoms with Crippen molar-refractivity contribution in [3.8, 4) is 0 Å². The van der Waals surface area contributed by atoms with E-state index in [1.807, 2.05) is 0 Å². The molecule has 2 aromatic rings. The van der Waals surface area contributed by atoms with Gasteiger partial charge in [0.15, 0.2) is 5.96 Å². The molecule has 0 bridgehead atoms. The van der Waals surface area contributed by atoms with E-state index in [0.717, 1.165) is 31.3 Å². The van der Waals surface area contributed by atoms with Crippen LogP contribution in [-0.2, 0) is 19.5 Å². The largest absolute Gasteiger partial charge is 0.355 e. The van der Waals surface area contributed by atoms with Crippen LogP contribution in [0.15, 0.2) is 28.8 Å². The Kier molecular flexibility index (Phi) is 6.39. The van der Waals surface area contributed by atoms with E-state index in [1.165, 1.54) is 4.88 Å². The molecule has 0 unspecified atom stereocenters. The van der Waals surface area contributed by atoms with Gasteiger partial charge in [0.2, 0.25) is 0 Å². The zero-order valence-electron chi connectivity index (χ0n) is 13.4. The van der Waals surface area contributed by atoms with Crippen LogP contribution in [0.25, 0.3) is 0 Å². The van der Waals surface area contributed by atoms with E-state index in [-0.39, 0.29) is 0 Å². The smallest absolute Gasteiger partial charge is 0.191 e. The Hall–Kier alpha value is -1.89. The first-order valence-corrected chi connectivity index (χ1v) is 8.51. The Morgan fingerprint density at radius 3 is 3.00 bits per heavy atom. The van der Waals surface area contributed by atoms with Crippen molar-refractivity contribution in [1.29, 1.82) is 0 Å². The van der Waals surface area contributed by atoms with Gasteiger partial charge in [-0.15, -0.1) is 21.5 Å². The lowest BCUT2D eigenvalue weighted by Crippen LogP contribution is -2.42. The van der Waals surface area contributed by atoms with E-state index >= 15 is 0 Å². The molecule has 2 N–H and O–H groups in total. The number of aliphatic imine (C=N–C) groups is 1. The summed E-state index contributed by atoms with van der Waals surface area (Å²) in [6.45, 7) is 8.62. The lowest BCUT2D eigenvalue weighted by Gasteiger charge is -2.15. The number of rotatable bonds is 7. The number of thiophene rings is 1. The summed E-state index contributed by atoms with van der Waals surface area (Å²) >= 11 is 1.73. The van der Waals surface area contributed by atoms with Crippen LogP contribution in [0.5, 0.6) is 0 Å². The van der Waals surface area contributed by atoms with Gasteiger partial charge in [-0.2, -0.15) is 0 Å². The third-order valence-electron chi connectivity index (χ3n) is 3.06. The van der Waals surface area contributed by atoms with Crippen LogP contribution >= 0.6 is 11.3 Å². The Labute approximate surface area is 135 Å². The summed E-state index contributed by atoms with van der Waals surface area (Å²) in [5.74, 6) is 1.85. The molecule has 0 radical (unpaired) electrons. The first kappa shape index (κ1) is 16.5. The Morgan fingerprint density at radius 1 is 1.45 bits per heavy atom. The standard InChI is InChI=1S/C15H24N6S/c1-4-14-20-18-11-21(14)8-7-16-15(19-12(2)3)17-10-13-6-5-9-22-13/h5-6,9,11-12H,4,7-8,10H2,1-3H3,(H2,16,17,19). The molecule has 0 aromatic carbocycles. The molecule has 0 aliphatic carbocycles. The van der Waals surface area contributed by atoms with Gasteiger partial charge in [-0.1, -0.05) is 13.0 Å². The van der Waals surface area contributed by atoms with Gasteiger partial charge in [0.25, 0.3) is 0 Å². The normalized spacial score (nSPS) is 11.9. The van der Waals surface area contributed by atoms with Gasteiger partial charge in [-0.3, -0.25) is 0 Å². The number of nitrogens with one attached hydrogen (secondary N) is 2. The lowest BCUT2D eigenvalue weighted by atomic mass is 10.4. The minimum Gasteiger partial charge on any atom is -0.355 e. The quantitative estimate of drug-likeness (QED) is 0.605. The number of aryl methyl sites for hydroxylation is 1. The van der Waals surface area contributed by atoms with Crippen LogP contribution in [0.1, 0.15) is 31.5 Å². The molecule has 0 aliphatic heterocycles. The zero-order chi connectivity index (χ0) is 15.8. The van der Waals surface area contributed by atoms with Gasteiger partial charge in [0, 0.05) is 30.4 Å². The molecular weight excluding hydrogens is 296 g/mol. The fourth-order valence-electron chi connectivity index (χ4n) is 2.02. The van der Waals surface area contributed by atoms with Crippen LogP contribution in [0, 0.1) is 0 Å². The summed E-state index contributed by atoms with van der Waals surface area (Å²) < 4.78 is 2.07. The molecule has 2 aromatic heterocycles. The minimum absolute atomic E-state index is 0.343. The molecule has 22 heavy (non-hydrogen) atoms. The minimum atomic E-state index is 0.343. The molecule has 7 heteroatoms. The van der Waals surface area contributed by atoms with Gasteiger partial charge < -0.3 is 15.2 Å². The maximum absolute atomic E-state index is 4.63. The fraction of sp³-hybridized carbons (Fsp3) is 0.533. The SMILES string of the molecule is CCc1nncn1CCNC(=NCc1cccs1)NC(C)C. The molecule has 0 saturated carbocycles. The first-order valence-electron chi connectivity index (χ1n) is 7.63. The summed E-state index contributed by atoms with van der Waals surface area (Å²) in [6.07, 6.45) is 2.67. The fourth-order valence-corrected chi connectivity index (χ4v) is 2.65. The van der Waals surface area contributed by atoms with Gasteiger partial charge in [0.1, 0.15) is 12.2 Å². The van der Waals surface area contributed by atoms with Crippen LogP contribution < -0.4 is 10.6 Å². The monoisotopic (exact) mass is 320 g/mol. The lowest BCUT2D eigenvalue weighted by molar-refractivity contribution is 0.622. The molecule has 0 aliphatic rings. The highest BCUT2D eigenvalue weighted by molar-refractivity contribution is 7.09. The van der Waals surface area contributed by atoms with Crippen LogP contribution in [0.3, 0.4) is 0 Å². The molecule has 0 amide bonds. The average molecular weight is 320 g/mol. The summed E-state index contributed by atoms with van der Waals surface area (Å²) in [7, 11) is 0. The Morgan fingerprint density at radius 2 is 2.32 bits per heavy atom. The second-order valence-corrected chi connectivity index (χ2v) is 6.30. The molecule has 6 nitrogen and oxygen atoms in total. The van der Waals surface area contributed by atoms with Gasteiger partial charge in [0.05, 0.1) is 6.54 Å². The molecule has 0 atom stereocenters. The number of nitrogens with zero attached hydrogens (tertiary/aromatic N) is 4. The van der Waals surface area contributed by atoms with Crippen LogP contribution in [-0.4, -0.2) is 33.3 Å². The summed E-state index contributed by atoms with van der Waals surface area (Å²) in [6, 6.07) is 4.50. The number of hydrogen-bond donors (Lipinski definition) is 2. The highest BCUT2D eigenvalue weighted by atomic mass is 32.1. The highest BCUT2D eigenvalue weighted by Gasteiger charge is 2.04. The third kappa shape index (κ3) is 5.14. The predicted molar refractivity (Wildman–Crippen MR) is 91.1 cm³/mol. The second-order valence-electron chi connectivity index (χ2n) is 5.26. The highest BCUT2D eigenvalue weighted by Crippen LogP contribution is 2.09. The second kappa shape index (κ2) is 8.53. The summed E-state index contributed by atoms with van der Waals surface area (Å²) in [5, 5.41) is 16.8. The molecule has 0 saturated heterocycles. The molecule has 2 rings (SSSR count). The van der Waals surface area contributed by atoms with Gasteiger partial charge in [-0.05, 0) is 25.3 Å². The average Bonchev–Trinajstić information content (AvgIpc) is 3.15. The first-order chi connectivity index (χ1) is 10.7. The van der Waals surface area contributed by atoms with E-state index in [4.69, 9.17) is 0 Å². The Balaban J connectivity index is 1.87. The predicted octanol–water partition coefficient (Wildman–Crippen LogP) is 2.05. The van der Waals surface area contributed by atoms with E-state index in [2.05, 4.69) is 68.7 Å². The van der Waals surface area contributed by atoms with E-state index in [0.29, 0.717) is 12.6 Å². The van der Waals surface area contributed by atoms with Crippen molar-refractivity contribution in [1.82, 2.24) is 25.4 Å². The van der Waals surface area contributed by atoms with Crippen molar-refractivity contribution in [3.63, 3.8) is 0 Å². The molecule has 0 spiro atoms. The third-order valence-corrected chi connectivity index (χ3v) is 3.92. The van der Waals surface area contributed by atoms with Crippen LogP contribution in [0.2, 0.25) is 0 Å². The molecule has 0 fully saturated rings. The number of hydrogen-bond acceptors (Lipinski definition) is 4.